The highest BCUT2D eigenvalue weighted by Gasteiger charge is 2.24. The minimum atomic E-state index is -0.458. The minimum Gasteiger partial charge on any atom is -0.444 e. The first-order chi connectivity index (χ1) is 10.3. The molecule has 1 fully saturated rings. The Morgan fingerprint density at radius 1 is 1.32 bits per heavy atom. The van der Waals surface area contributed by atoms with Crippen LogP contribution in [0.2, 0.25) is 0 Å². The van der Waals surface area contributed by atoms with Crippen molar-refractivity contribution in [3.63, 3.8) is 0 Å². The van der Waals surface area contributed by atoms with Gasteiger partial charge in [0, 0.05) is 29.7 Å². The molecule has 1 aliphatic carbocycles. The molecule has 1 saturated carbocycles. The van der Waals surface area contributed by atoms with Crippen LogP contribution in [0.25, 0.3) is 0 Å². The first-order valence-electron chi connectivity index (χ1n) is 7.71. The van der Waals surface area contributed by atoms with Crippen molar-refractivity contribution in [3.05, 3.63) is 20.7 Å². The predicted molar refractivity (Wildman–Crippen MR) is 87.2 cm³/mol. The smallest absolute Gasteiger partial charge is 0.407 e. The molecule has 124 valence electrons. The van der Waals surface area contributed by atoms with Gasteiger partial charge in [0.25, 0.3) is 0 Å². The minimum absolute atomic E-state index is 0.0120. The van der Waals surface area contributed by atoms with E-state index >= 15 is 0 Å². The Morgan fingerprint density at radius 3 is 2.50 bits per heavy atom. The molecule has 2 rings (SSSR count). The van der Waals surface area contributed by atoms with Gasteiger partial charge in [0.1, 0.15) is 5.60 Å². The number of aromatic amines is 1. The van der Waals surface area contributed by atoms with Crippen LogP contribution in [0.3, 0.4) is 0 Å². The van der Waals surface area contributed by atoms with Gasteiger partial charge < -0.3 is 20.4 Å². The number of aromatic nitrogens is 1. The maximum atomic E-state index is 11.7. The summed E-state index contributed by atoms with van der Waals surface area (Å²) in [5.74, 6) is 0. The van der Waals surface area contributed by atoms with Crippen LogP contribution in [0.15, 0.2) is 10.2 Å². The number of rotatable bonds is 4. The van der Waals surface area contributed by atoms with Crippen molar-refractivity contribution in [2.75, 3.05) is 0 Å². The number of hydrogen-bond donors (Lipinski definition) is 3. The molecule has 0 unspecified atom stereocenters. The molecular weight excluding hydrogens is 302 g/mol. The Hall–Kier alpha value is -1.34. The van der Waals surface area contributed by atoms with E-state index in [4.69, 9.17) is 4.74 Å². The van der Waals surface area contributed by atoms with Crippen LogP contribution in [0.1, 0.15) is 52.1 Å². The second-order valence-electron chi connectivity index (χ2n) is 6.75. The number of carbonyl (C=O) groups excluding carboxylic acids is 1. The highest BCUT2D eigenvalue weighted by molar-refractivity contribution is 7.07. The van der Waals surface area contributed by atoms with E-state index in [0.717, 1.165) is 31.4 Å². The van der Waals surface area contributed by atoms with Gasteiger partial charge in [0.05, 0.1) is 0 Å². The van der Waals surface area contributed by atoms with Crippen molar-refractivity contribution in [1.82, 2.24) is 15.6 Å². The molecule has 0 atom stereocenters. The molecule has 1 aromatic heterocycles. The maximum absolute atomic E-state index is 11.7. The summed E-state index contributed by atoms with van der Waals surface area (Å²) < 4.78 is 5.28. The van der Waals surface area contributed by atoms with Gasteiger partial charge in [-0.3, -0.25) is 4.79 Å². The predicted octanol–water partition coefficient (Wildman–Crippen LogP) is 2.36. The molecule has 1 amide bonds. The summed E-state index contributed by atoms with van der Waals surface area (Å²) in [5, 5.41) is 8.25. The van der Waals surface area contributed by atoms with Crippen molar-refractivity contribution < 1.29 is 9.53 Å². The molecule has 22 heavy (non-hydrogen) atoms. The highest BCUT2D eigenvalue weighted by atomic mass is 32.1. The molecule has 6 nitrogen and oxygen atoms in total. The van der Waals surface area contributed by atoms with E-state index in [1.54, 1.807) is 0 Å². The normalized spacial score (nSPS) is 22.3. The number of thiazole rings is 1. The summed E-state index contributed by atoms with van der Waals surface area (Å²) >= 11 is 1.19. The molecule has 1 aromatic rings. The van der Waals surface area contributed by atoms with Gasteiger partial charge in [-0.2, -0.15) is 0 Å². The third kappa shape index (κ3) is 5.81. The lowest BCUT2D eigenvalue weighted by Gasteiger charge is -2.30. The zero-order chi connectivity index (χ0) is 16.2. The topological polar surface area (TPSA) is 83.2 Å². The van der Waals surface area contributed by atoms with E-state index in [2.05, 4.69) is 15.6 Å². The summed E-state index contributed by atoms with van der Waals surface area (Å²) in [4.78, 5) is 25.6. The maximum Gasteiger partial charge on any atom is 0.407 e. The SMILES string of the molecule is CC(C)(C)OC(=O)NC1CCC(NCc2csc(=O)[nH]2)CC1. The number of ether oxygens (including phenoxy) is 1. The Labute approximate surface area is 134 Å². The molecule has 0 radical (unpaired) electrons. The van der Waals surface area contributed by atoms with Crippen molar-refractivity contribution in [3.8, 4) is 0 Å². The molecule has 0 bridgehead atoms. The summed E-state index contributed by atoms with van der Waals surface area (Å²) in [6, 6.07) is 0.619. The largest absolute Gasteiger partial charge is 0.444 e. The molecule has 0 aromatic carbocycles. The number of H-pyrrole nitrogens is 1. The molecule has 0 saturated heterocycles. The Morgan fingerprint density at radius 2 is 1.95 bits per heavy atom. The van der Waals surface area contributed by atoms with Gasteiger partial charge in [-0.15, -0.1) is 0 Å². The third-order valence-electron chi connectivity index (χ3n) is 3.60. The number of nitrogens with one attached hydrogen (secondary N) is 3. The molecule has 0 spiro atoms. The molecule has 1 aliphatic rings. The van der Waals surface area contributed by atoms with Gasteiger partial charge in [-0.1, -0.05) is 11.3 Å². The number of alkyl carbamates (subject to hydrolysis) is 1. The van der Waals surface area contributed by atoms with Crippen molar-refractivity contribution in [2.24, 2.45) is 0 Å². The fraction of sp³-hybridized carbons (Fsp3) is 0.733. The average Bonchev–Trinajstić information content (AvgIpc) is 2.81. The molecule has 1 heterocycles. The van der Waals surface area contributed by atoms with Crippen molar-refractivity contribution in [2.45, 2.75) is 70.7 Å². The number of amides is 1. The Bertz CT molecular complexity index is 539. The van der Waals surface area contributed by atoms with E-state index in [1.165, 1.54) is 11.3 Å². The Balaban J connectivity index is 1.67. The molecular formula is C15H25N3O3S. The van der Waals surface area contributed by atoms with Crippen LogP contribution in [-0.2, 0) is 11.3 Å². The van der Waals surface area contributed by atoms with E-state index in [0.29, 0.717) is 12.6 Å². The zero-order valence-electron chi connectivity index (χ0n) is 13.4. The number of hydrogen-bond acceptors (Lipinski definition) is 5. The van der Waals surface area contributed by atoms with E-state index in [-0.39, 0.29) is 17.0 Å². The quantitative estimate of drug-likeness (QED) is 0.793. The van der Waals surface area contributed by atoms with Gasteiger partial charge in [0.15, 0.2) is 0 Å². The molecule has 3 N–H and O–H groups in total. The lowest BCUT2D eigenvalue weighted by Crippen LogP contribution is -2.43. The standard InChI is InChI=1S/C15H25N3O3S/c1-15(2,3)21-13(19)17-11-6-4-10(5-7-11)16-8-12-9-22-14(20)18-12/h9-11,16H,4-8H2,1-3H3,(H,17,19)(H,18,20). The van der Waals surface area contributed by atoms with E-state index < -0.39 is 5.60 Å². The second-order valence-corrected chi connectivity index (χ2v) is 7.59. The monoisotopic (exact) mass is 327 g/mol. The summed E-state index contributed by atoms with van der Waals surface area (Å²) in [6.45, 7) is 6.28. The first kappa shape index (κ1) is 17.0. The van der Waals surface area contributed by atoms with Crippen LogP contribution in [0.4, 0.5) is 4.79 Å². The zero-order valence-corrected chi connectivity index (χ0v) is 14.2. The van der Waals surface area contributed by atoms with E-state index in [1.807, 2.05) is 26.2 Å². The number of carbonyl (C=O) groups is 1. The van der Waals surface area contributed by atoms with Crippen LogP contribution in [-0.4, -0.2) is 28.8 Å². The average molecular weight is 327 g/mol. The summed E-state index contributed by atoms with van der Waals surface area (Å²) in [5.41, 5.74) is 0.476. The second kappa shape index (κ2) is 7.28. The lowest BCUT2D eigenvalue weighted by atomic mass is 9.91. The highest BCUT2D eigenvalue weighted by Crippen LogP contribution is 2.19. The van der Waals surface area contributed by atoms with Crippen LogP contribution in [0.5, 0.6) is 0 Å². The summed E-state index contributed by atoms with van der Waals surface area (Å²) in [6.07, 6.45) is 3.57. The van der Waals surface area contributed by atoms with Gasteiger partial charge in [0.2, 0.25) is 0 Å². The van der Waals surface area contributed by atoms with Gasteiger partial charge in [-0.25, -0.2) is 4.79 Å². The molecule has 7 heteroatoms. The van der Waals surface area contributed by atoms with Crippen molar-refractivity contribution >= 4 is 17.4 Å². The lowest BCUT2D eigenvalue weighted by molar-refractivity contribution is 0.0490. The third-order valence-corrected chi connectivity index (χ3v) is 4.32. The van der Waals surface area contributed by atoms with Crippen LogP contribution < -0.4 is 15.5 Å². The first-order valence-corrected chi connectivity index (χ1v) is 8.59. The summed E-state index contributed by atoms with van der Waals surface area (Å²) in [7, 11) is 0. The van der Waals surface area contributed by atoms with Crippen LogP contribution in [0, 0.1) is 0 Å². The van der Waals surface area contributed by atoms with Gasteiger partial charge in [-0.05, 0) is 46.5 Å². The fourth-order valence-electron chi connectivity index (χ4n) is 2.57. The fourth-order valence-corrected chi connectivity index (χ4v) is 3.15. The van der Waals surface area contributed by atoms with Crippen molar-refractivity contribution in [1.29, 1.82) is 0 Å². The molecule has 0 aliphatic heterocycles. The van der Waals surface area contributed by atoms with Crippen LogP contribution >= 0.6 is 11.3 Å². The van der Waals surface area contributed by atoms with Gasteiger partial charge >= 0.3 is 11.0 Å². The van der Waals surface area contributed by atoms with E-state index in [9.17, 15) is 9.59 Å². The Kier molecular flexibility index (Phi) is 5.63.